The zero-order valence-corrected chi connectivity index (χ0v) is 11.7. The van der Waals surface area contributed by atoms with Crippen LogP contribution in [-0.2, 0) is 14.3 Å². The van der Waals surface area contributed by atoms with Crippen molar-refractivity contribution in [2.24, 2.45) is 5.41 Å². The summed E-state index contributed by atoms with van der Waals surface area (Å²) in [5, 5.41) is 6.24. The normalized spacial score (nSPS) is 38.9. The number of amides is 1. The predicted molar refractivity (Wildman–Crippen MR) is 68.4 cm³/mol. The molecule has 0 spiro atoms. The summed E-state index contributed by atoms with van der Waals surface area (Å²) in [4.78, 5) is 12.1. The molecule has 18 heavy (non-hydrogen) atoms. The van der Waals surface area contributed by atoms with Gasteiger partial charge in [0.2, 0.25) is 0 Å². The Balaban J connectivity index is 1.89. The van der Waals surface area contributed by atoms with E-state index in [1.807, 2.05) is 0 Å². The first-order chi connectivity index (χ1) is 8.40. The highest BCUT2D eigenvalue weighted by Gasteiger charge is 2.58. The van der Waals surface area contributed by atoms with E-state index < -0.39 is 0 Å². The fourth-order valence-electron chi connectivity index (χ4n) is 2.72. The summed E-state index contributed by atoms with van der Waals surface area (Å²) in [5.74, 6) is -0.0153. The number of carbonyl (C=O) groups excluding carboxylic acids is 1. The van der Waals surface area contributed by atoms with Gasteiger partial charge in [-0.1, -0.05) is 13.8 Å². The summed E-state index contributed by atoms with van der Waals surface area (Å²) in [5.41, 5.74) is -0.212. The van der Waals surface area contributed by atoms with Gasteiger partial charge < -0.3 is 20.1 Å². The van der Waals surface area contributed by atoms with Gasteiger partial charge in [0.1, 0.15) is 6.10 Å². The molecule has 2 rings (SSSR count). The monoisotopic (exact) mass is 256 g/mol. The van der Waals surface area contributed by atoms with E-state index in [1.165, 1.54) is 0 Å². The standard InChI is InChI=1S/C13H24N2O3/c1-12(2)10(7-13(12,3)17-4)15-11(16)9-8-14-5-6-18-9/h9-10,14H,5-8H2,1-4H3,(H,15,16)/t9-,10+,13+/m0/s1. The van der Waals surface area contributed by atoms with E-state index in [0.717, 1.165) is 13.0 Å². The molecule has 104 valence electrons. The van der Waals surface area contributed by atoms with E-state index in [2.05, 4.69) is 31.4 Å². The highest BCUT2D eigenvalue weighted by atomic mass is 16.5. The molecule has 0 aromatic rings. The molecule has 2 fully saturated rings. The summed E-state index contributed by atoms with van der Waals surface area (Å²) in [6, 6.07) is 0.153. The van der Waals surface area contributed by atoms with Crippen molar-refractivity contribution >= 4 is 5.91 Å². The maximum absolute atomic E-state index is 12.1. The topological polar surface area (TPSA) is 59.6 Å². The highest BCUT2D eigenvalue weighted by Crippen LogP contribution is 2.51. The number of hydrogen-bond donors (Lipinski definition) is 2. The van der Waals surface area contributed by atoms with Crippen molar-refractivity contribution in [2.45, 2.75) is 44.9 Å². The van der Waals surface area contributed by atoms with Gasteiger partial charge in [0, 0.05) is 31.7 Å². The molecular weight excluding hydrogens is 232 g/mol. The lowest BCUT2D eigenvalue weighted by molar-refractivity contribution is -0.184. The maximum atomic E-state index is 12.1. The number of nitrogens with one attached hydrogen (secondary N) is 2. The molecule has 2 aliphatic rings. The van der Waals surface area contributed by atoms with E-state index in [1.54, 1.807) is 7.11 Å². The number of ether oxygens (including phenoxy) is 2. The third-order valence-corrected chi connectivity index (χ3v) is 4.81. The minimum Gasteiger partial charge on any atom is -0.378 e. The SMILES string of the molecule is CO[C@]1(C)C[C@@H](NC(=O)[C@@H]2CNCCO2)C1(C)C. The van der Waals surface area contributed by atoms with E-state index in [0.29, 0.717) is 13.2 Å². The Labute approximate surface area is 109 Å². The molecule has 1 saturated heterocycles. The number of carbonyl (C=O) groups is 1. The van der Waals surface area contributed by atoms with Gasteiger partial charge in [-0.15, -0.1) is 0 Å². The van der Waals surface area contributed by atoms with Crippen LogP contribution in [0, 0.1) is 5.41 Å². The number of morpholine rings is 1. The summed E-state index contributed by atoms with van der Waals surface area (Å²) in [7, 11) is 1.73. The Morgan fingerprint density at radius 2 is 2.17 bits per heavy atom. The highest BCUT2D eigenvalue weighted by molar-refractivity contribution is 5.81. The summed E-state index contributed by atoms with van der Waals surface area (Å²) in [6.45, 7) is 8.37. The van der Waals surface area contributed by atoms with Gasteiger partial charge in [-0.3, -0.25) is 4.79 Å². The molecule has 5 nitrogen and oxygen atoms in total. The molecular formula is C13H24N2O3. The van der Waals surface area contributed by atoms with Crippen LogP contribution in [0.3, 0.4) is 0 Å². The third-order valence-electron chi connectivity index (χ3n) is 4.81. The number of rotatable bonds is 3. The van der Waals surface area contributed by atoms with E-state index in [4.69, 9.17) is 9.47 Å². The Hall–Kier alpha value is -0.650. The van der Waals surface area contributed by atoms with Gasteiger partial charge >= 0.3 is 0 Å². The van der Waals surface area contributed by atoms with Crippen molar-refractivity contribution in [3.63, 3.8) is 0 Å². The number of hydrogen-bond acceptors (Lipinski definition) is 4. The second-order valence-corrected chi connectivity index (χ2v) is 5.99. The summed E-state index contributed by atoms with van der Waals surface area (Å²) in [6.07, 6.45) is 0.492. The lowest BCUT2D eigenvalue weighted by Crippen LogP contribution is -2.69. The second kappa shape index (κ2) is 4.79. The van der Waals surface area contributed by atoms with Crippen molar-refractivity contribution in [3.8, 4) is 0 Å². The quantitative estimate of drug-likeness (QED) is 0.762. The molecule has 0 bridgehead atoms. The van der Waals surface area contributed by atoms with Crippen molar-refractivity contribution in [1.29, 1.82) is 0 Å². The molecule has 0 radical (unpaired) electrons. The van der Waals surface area contributed by atoms with Crippen molar-refractivity contribution in [1.82, 2.24) is 10.6 Å². The van der Waals surface area contributed by atoms with E-state index in [-0.39, 0.29) is 29.1 Å². The van der Waals surface area contributed by atoms with Crippen LogP contribution in [-0.4, -0.2) is 50.5 Å². The zero-order chi connectivity index (χ0) is 13.4. The van der Waals surface area contributed by atoms with Crippen LogP contribution < -0.4 is 10.6 Å². The molecule has 1 aliphatic heterocycles. The van der Waals surface area contributed by atoms with Gasteiger partial charge in [-0.05, 0) is 13.3 Å². The average molecular weight is 256 g/mol. The largest absolute Gasteiger partial charge is 0.378 e. The number of methoxy groups -OCH3 is 1. The van der Waals surface area contributed by atoms with Crippen LogP contribution in [0.15, 0.2) is 0 Å². The predicted octanol–water partition coefficient (Wildman–Crippen LogP) is 0.295. The third kappa shape index (κ3) is 2.15. The van der Waals surface area contributed by atoms with Crippen molar-refractivity contribution < 1.29 is 14.3 Å². The van der Waals surface area contributed by atoms with Crippen LogP contribution >= 0.6 is 0 Å². The fourth-order valence-corrected chi connectivity index (χ4v) is 2.72. The fraction of sp³-hybridized carbons (Fsp3) is 0.923. The van der Waals surface area contributed by atoms with Gasteiger partial charge in [0.05, 0.1) is 12.2 Å². The Kier molecular flexibility index (Phi) is 3.67. The Morgan fingerprint density at radius 3 is 2.67 bits per heavy atom. The molecule has 1 heterocycles. The van der Waals surface area contributed by atoms with Gasteiger partial charge in [-0.25, -0.2) is 0 Å². The average Bonchev–Trinajstić information content (AvgIpc) is 2.38. The van der Waals surface area contributed by atoms with Crippen LogP contribution in [0.5, 0.6) is 0 Å². The first-order valence-corrected chi connectivity index (χ1v) is 6.58. The molecule has 2 N–H and O–H groups in total. The lowest BCUT2D eigenvalue weighted by atomic mass is 9.56. The Morgan fingerprint density at radius 1 is 1.44 bits per heavy atom. The molecule has 1 amide bonds. The van der Waals surface area contributed by atoms with Gasteiger partial charge in [-0.2, -0.15) is 0 Å². The molecule has 1 saturated carbocycles. The molecule has 0 aromatic carbocycles. The summed E-state index contributed by atoms with van der Waals surface area (Å²) < 4.78 is 11.0. The summed E-state index contributed by atoms with van der Waals surface area (Å²) >= 11 is 0. The maximum Gasteiger partial charge on any atom is 0.250 e. The van der Waals surface area contributed by atoms with Gasteiger partial charge in [0.25, 0.3) is 5.91 Å². The first kappa shape index (κ1) is 13.8. The second-order valence-electron chi connectivity index (χ2n) is 5.99. The lowest BCUT2D eigenvalue weighted by Gasteiger charge is -2.59. The van der Waals surface area contributed by atoms with Crippen LogP contribution in [0.25, 0.3) is 0 Å². The molecule has 1 aliphatic carbocycles. The van der Waals surface area contributed by atoms with Crippen molar-refractivity contribution in [2.75, 3.05) is 26.8 Å². The molecule has 3 atom stereocenters. The van der Waals surface area contributed by atoms with Crippen molar-refractivity contribution in [3.05, 3.63) is 0 Å². The molecule has 0 aromatic heterocycles. The van der Waals surface area contributed by atoms with Crippen LogP contribution in [0.1, 0.15) is 27.2 Å². The minimum absolute atomic E-state index is 0.0153. The van der Waals surface area contributed by atoms with Gasteiger partial charge in [0.15, 0.2) is 0 Å². The molecule has 0 unspecified atom stereocenters. The van der Waals surface area contributed by atoms with E-state index in [9.17, 15) is 4.79 Å². The van der Waals surface area contributed by atoms with Crippen LogP contribution in [0.4, 0.5) is 0 Å². The minimum atomic E-state index is -0.357. The zero-order valence-electron chi connectivity index (χ0n) is 11.7. The first-order valence-electron chi connectivity index (χ1n) is 6.58. The van der Waals surface area contributed by atoms with E-state index >= 15 is 0 Å². The smallest absolute Gasteiger partial charge is 0.250 e. The molecule has 5 heteroatoms. The Bertz CT molecular complexity index is 326. The van der Waals surface area contributed by atoms with Crippen LogP contribution in [0.2, 0.25) is 0 Å².